The van der Waals surface area contributed by atoms with Gasteiger partial charge in [0, 0.05) is 18.5 Å². The third-order valence-corrected chi connectivity index (χ3v) is 6.55. The van der Waals surface area contributed by atoms with Crippen molar-refractivity contribution in [1.82, 2.24) is 25.8 Å². The summed E-state index contributed by atoms with van der Waals surface area (Å²) < 4.78 is 0. The van der Waals surface area contributed by atoms with Crippen LogP contribution in [0.2, 0.25) is 10.0 Å². The van der Waals surface area contributed by atoms with E-state index in [1.165, 1.54) is 0 Å². The Morgan fingerprint density at radius 1 is 1.18 bits per heavy atom. The second kappa shape index (κ2) is 7.63. The molecule has 0 bridgehead atoms. The Balaban J connectivity index is 1.58. The Labute approximate surface area is 174 Å². The highest BCUT2D eigenvalue weighted by Crippen LogP contribution is 2.37. The molecule has 28 heavy (non-hydrogen) atoms. The molecule has 150 valence electrons. The fraction of sp³-hybridized carbons (Fsp3) is 0.526. The van der Waals surface area contributed by atoms with Crippen LogP contribution in [-0.2, 0) is 5.54 Å². The van der Waals surface area contributed by atoms with Crippen molar-refractivity contribution in [2.24, 2.45) is 5.92 Å². The topological polar surface area (TPSA) is 101 Å². The van der Waals surface area contributed by atoms with Crippen LogP contribution in [0.1, 0.15) is 50.4 Å². The average molecular weight is 422 g/mol. The van der Waals surface area contributed by atoms with E-state index in [2.05, 4.69) is 26.1 Å². The van der Waals surface area contributed by atoms with Crippen molar-refractivity contribution in [3.05, 3.63) is 39.6 Å². The molecule has 1 aromatic carbocycles. The van der Waals surface area contributed by atoms with Crippen LogP contribution in [0.15, 0.2) is 18.2 Å². The number of nitrogens with zero attached hydrogens (tertiary/aromatic N) is 3. The number of nitrogens with one attached hydrogen (secondary N) is 3. The molecule has 9 heteroatoms. The third-order valence-electron chi connectivity index (χ3n) is 5.73. The number of nitrogens with two attached hydrogens (primary N) is 1. The Hall–Kier alpha value is -1.67. The van der Waals surface area contributed by atoms with E-state index in [0.717, 1.165) is 37.2 Å². The van der Waals surface area contributed by atoms with E-state index in [1.807, 2.05) is 26.0 Å². The lowest BCUT2D eigenvalue weighted by Crippen LogP contribution is -2.36. The quantitative estimate of drug-likeness (QED) is 0.599. The van der Waals surface area contributed by atoms with Gasteiger partial charge >= 0.3 is 0 Å². The Bertz CT molecular complexity index is 873. The first kappa shape index (κ1) is 19.6. The summed E-state index contributed by atoms with van der Waals surface area (Å²) in [6, 6.07) is 6.04. The van der Waals surface area contributed by atoms with Crippen LogP contribution in [0.25, 0.3) is 0 Å². The summed E-state index contributed by atoms with van der Waals surface area (Å²) in [5.74, 6) is 2.35. The molecule has 2 fully saturated rings. The highest BCUT2D eigenvalue weighted by atomic mass is 35.5. The van der Waals surface area contributed by atoms with Crippen LogP contribution >= 0.6 is 23.2 Å². The average Bonchev–Trinajstić information content (AvgIpc) is 3.10. The summed E-state index contributed by atoms with van der Waals surface area (Å²) in [7, 11) is 0. The van der Waals surface area contributed by atoms with Gasteiger partial charge in [-0.05, 0) is 50.7 Å². The molecule has 2 aliphatic rings. The molecule has 3 unspecified atom stereocenters. The second-order valence-electron chi connectivity index (χ2n) is 8.13. The molecule has 0 radical (unpaired) electrons. The third kappa shape index (κ3) is 3.89. The number of anilines is 2. The minimum atomic E-state index is -0.540. The van der Waals surface area contributed by atoms with Gasteiger partial charge < -0.3 is 11.1 Å². The summed E-state index contributed by atoms with van der Waals surface area (Å²) in [6.45, 7) is 5.03. The molecule has 2 heterocycles. The molecule has 1 aliphatic heterocycles. The van der Waals surface area contributed by atoms with Gasteiger partial charge in [0.2, 0.25) is 11.9 Å². The van der Waals surface area contributed by atoms with Crippen molar-refractivity contribution >= 4 is 35.1 Å². The van der Waals surface area contributed by atoms with Gasteiger partial charge in [-0.2, -0.15) is 15.0 Å². The number of benzene rings is 1. The predicted octanol–water partition coefficient (Wildman–Crippen LogP) is 3.47. The largest absolute Gasteiger partial charge is 0.368 e. The van der Waals surface area contributed by atoms with E-state index < -0.39 is 5.54 Å². The van der Waals surface area contributed by atoms with Crippen molar-refractivity contribution in [2.75, 3.05) is 17.6 Å². The van der Waals surface area contributed by atoms with Gasteiger partial charge in [0.15, 0.2) is 0 Å². The second-order valence-corrected chi connectivity index (χ2v) is 8.91. The first-order valence-corrected chi connectivity index (χ1v) is 10.3. The number of aromatic nitrogens is 3. The van der Waals surface area contributed by atoms with Crippen LogP contribution in [0, 0.1) is 5.92 Å². The molecule has 1 saturated heterocycles. The van der Waals surface area contributed by atoms with E-state index in [-0.39, 0.29) is 11.9 Å². The van der Waals surface area contributed by atoms with Gasteiger partial charge in [0.05, 0.1) is 15.6 Å². The predicted molar refractivity (Wildman–Crippen MR) is 112 cm³/mol. The van der Waals surface area contributed by atoms with Crippen LogP contribution in [0.4, 0.5) is 11.9 Å². The summed E-state index contributed by atoms with van der Waals surface area (Å²) >= 11 is 12.6. The lowest BCUT2D eigenvalue weighted by atomic mass is 9.79. The van der Waals surface area contributed by atoms with E-state index in [9.17, 15) is 0 Å². The molecule has 4 rings (SSSR count). The summed E-state index contributed by atoms with van der Waals surface area (Å²) in [4.78, 5) is 13.4. The number of hydrogen-bond acceptors (Lipinski definition) is 7. The molecule has 2 aromatic rings. The zero-order valence-corrected chi connectivity index (χ0v) is 17.5. The van der Waals surface area contributed by atoms with Crippen molar-refractivity contribution < 1.29 is 0 Å². The Morgan fingerprint density at radius 3 is 2.82 bits per heavy atom. The van der Waals surface area contributed by atoms with E-state index in [0.29, 0.717) is 28.0 Å². The Morgan fingerprint density at radius 2 is 2.00 bits per heavy atom. The summed E-state index contributed by atoms with van der Waals surface area (Å²) in [5, 5.41) is 4.39. The maximum absolute atomic E-state index is 6.42. The molecule has 3 atom stereocenters. The molecule has 0 spiro atoms. The van der Waals surface area contributed by atoms with Gasteiger partial charge in [-0.3, -0.25) is 10.9 Å². The van der Waals surface area contributed by atoms with Gasteiger partial charge in [-0.25, -0.2) is 0 Å². The molecule has 0 amide bonds. The molecular formula is C19H25Cl2N7. The molecule has 1 aliphatic carbocycles. The number of rotatable bonds is 4. The fourth-order valence-electron chi connectivity index (χ4n) is 4.19. The smallest absolute Gasteiger partial charge is 0.228 e. The van der Waals surface area contributed by atoms with Crippen LogP contribution in [-0.4, -0.2) is 27.5 Å². The number of hydrazine groups is 1. The SMILES string of the molecule is CC(C)(Nc1nc(N)nc(C2CCC3CNNC3C2)n1)c1cccc(Cl)c1Cl. The Kier molecular flexibility index (Phi) is 5.35. The molecule has 7 nitrogen and oxygen atoms in total. The van der Waals surface area contributed by atoms with Crippen molar-refractivity contribution in [1.29, 1.82) is 0 Å². The lowest BCUT2D eigenvalue weighted by Gasteiger charge is -2.31. The van der Waals surface area contributed by atoms with Gasteiger partial charge in [-0.15, -0.1) is 0 Å². The van der Waals surface area contributed by atoms with Crippen LogP contribution in [0.3, 0.4) is 0 Å². The number of hydrogen-bond donors (Lipinski definition) is 4. The van der Waals surface area contributed by atoms with Crippen LogP contribution < -0.4 is 21.9 Å². The van der Waals surface area contributed by atoms with Crippen molar-refractivity contribution in [2.45, 2.75) is 50.6 Å². The normalized spacial score (nSPS) is 24.8. The fourth-order valence-corrected chi connectivity index (χ4v) is 4.73. The molecule has 1 aromatic heterocycles. The van der Waals surface area contributed by atoms with Crippen molar-refractivity contribution in [3.8, 4) is 0 Å². The number of halogens is 2. The molecule has 5 N–H and O–H groups in total. The van der Waals surface area contributed by atoms with E-state index in [4.69, 9.17) is 33.9 Å². The minimum Gasteiger partial charge on any atom is -0.368 e. The monoisotopic (exact) mass is 421 g/mol. The highest BCUT2D eigenvalue weighted by molar-refractivity contribution is 6.42. The molecule has 1 saturated carbocycles. The maximum atomic E-state index is 6.42. The van der Waals surface area contributed by atoms with Gasteiger partial charge in [0.25, 0.3) is 0 Å². The van der Waals surface area contributed by atoms with E-state index >= 15 is 0 Å². The number of nitrogen functional groups attached to an aromatic ring is 1. The van der Waals surface area contributed by atoms with Crippen molar-refractivity contribution in [3.63, 3.8) is 0 Å². The van der Waals surface area contributed by atoms with Crippen LogP contribution in [0.5, 0.6) is 0 Å². The lowest BCUT2D eigenvalue weighted by molar-refractivity contribution is 0.296. The first-order chi connectivity index (χ1) is 13.3. The highest BCUT2D eigenvalue weighted by Gasteiger charge is 2.36. The summed E-state index contributed by atoms with van der Waals surface area (Å²) in [5.41, 5.74) is 12.9. The molecular weight excluding hydrogens is 397 g/mol. The maximum Gasteiger partial charge on any atom is 0.228 e. The van der Waals surface area contributed by atoms with Gasteiger partial charge in [-0.1, -0.05) is 35.3 Å². The van der Waals surface area contributed by atoms with E-state index in [1.54, 1.807) is 6.07 Å². The zero-order chi connectivity index (χ0) is 19.9. The zero-order valence-electron chi connectivity index (χ0n) is 16.0. The minimum absolute atomic E-state index is 0.222. The standard InChI is InChI=1S/C19H25Cl2N7/c1-19(2,12-4-3-5-13(20)15(12)21)27-18-25-16(24-17(22)26-18)10-6-7-11-9-23-28-14(11)8-10/h3-5,10-11,14,23,28H,6-9H2,1-2H3,(H3,22,24,25,26,27). The van der Waals surface area contributed by atoms with Gasteiger partial charge in [0.1, 0.15) is 5.82 Å². The number of fused-ring (bicyclic) bond motifs is 1. The first-order valence-electron chi connectivity index (χ1n) is 9.56. The summed E-state index contributed by atoms with van der Waals surface area (Å²) in [6.07, 6.45) is 3.19.